The first kappa shape index (κ1) is 10.9. The van der Waals surface area contributed by atoms with Crippen molar-refractivity contribution < 1.29 is 9.90 Å². The molecule has 1 aromatic heterocycles. The maximum absolute atomic E-state index is 11.0. The zero-order valence-electron chi connectivity index (χ0n) is 8.31. The van der Waals surface area contributed by atoms with Crippen LogP contribution in [0.4, 0.5) is 0 Å². The molecule has 1 saturated heterocycles. The number of rotatable bonds is 2. The van der Waals surface area contributed by atoms with Gasteiger partial charge in [-0.05, 0) is 17.7 Å². The smallest absolute Gasteiger partial charge is 0.352 e. The highest BCUT2D eigenvalue weighted by Gasteiger charge is 2.28. The molecule has 82 valence electrons. The molecule has 0 amide bonds. The molecule has 0 radical (unpaired) electrons. The molecule has 1 fully saturated rings. The van der Waals surface area contributed by atoms with E-state index in [-0.39, 0.29) is 6.04 Å². The van der Waals surface area contributed by atoms with Crippen LogP contribution in [0.25, 0.3) is 0 Å². The standard InChI is InChI=1S/C10H12ClNO2S/c1-6-4-15-5-9(6)12-3-7(11)2-8(12)10(13)14/h2-3,6,9H,4-5H2,1H3,(H,13,14). The van der Waals surface area contributed by atoms with E-state index in [1.165, 1.54) is 6.07 Å². The van der Waals surface area contributed by atoms with Gasteiger partial charge in [0.25, 0.3) is 0 Å². The number of thioether (sulfide) groups is 1. The molecule has 0 aliphatic carbocycles. The van der Waals surface area contributed by atoms with Gasteiger partial charge >= 0.3 is 5.97 Å². The van der Waals surface area contributed by atoms with E-state index in [1.54, 1.807) is 10.8 Å². The summed E-state index contributed by atoms with van der Waals surface area (Å²) in [7, 11) is 0. The molecule has 15 heavy (non-hydrogen) atoms. The molecule has 0 aromatic carbocycles. The second-order valence-electron chi connectivity index (χ2n) is 3.84. The number of carboxylic acid groups (broad SMARTS) is 1. The van der Waals surface area contributed by atoms with E-state index in [0.717, 1.165) is 11.5 Å². The van der Waals surface area contributed by atoms with E-state index in [0.29, 0.717) is 16.6 Å². The Hall–Kier alpha value is -0.610. The van der Waals surface area contributed by atoms with Gasteiger partial charge in [0.15, 0.2) is 0 Å². The number of aromatic carboxylic acids is 1. The highest BCUT2D eigenvalue weighted by Crippen LogP contribution is 2.35. The van der Waals surface area contributed by atoms with Crippen molar-refractivity contribution >= 4 is 29.3 Å². The van der Waals surface area contributed by atoms with Gasteiger partial charge in [0.2, 0.25) is 0 Å². The van der Waals surface area contributed by atoms with Crippen LogP contribution in [0.1, 0.15) is 23.5 Å². The van der Waals surface area contributed by atoms with Crippen molar-refractivity contribution in [3.05, 3.63) is 23.0 Å². The molecule has 2 atom stereocenters. The highest BCUT2D eigenvalue weighted by atomic mass is 35.5. The van der Waals surface area contributed by atoms with Crippen LogP contribution in [0, 0.1) is 5.92 Å². The first-order valence-electron chi connectivity index (χ1n) is 4.78. The van der Waals surface area contributed by atoms with Gasteiger partial charge in [0.1, 0.15) is 5.69 Å². The third-order valence-corrected chi connectivity index (χ3v) is 4.26. The quantitative estimate of drug-likeness (QED) is 0.871. The largest absolute Gasteiger partial charge is 0.477 e. The van der Waals surface area contributed by atoms with Crippen LogP contribution in [-0.2, 0) is 0 Å². The Kier molecular flexibility index (Phi) is 2.98. The van der Waals surface area contributed by atoms with Crippen LogP contribution in [0.5, 0.6) is 0 Å². The summed E-state index contributed by atoms with van der Waals surface area (Å²) >= 11 is 7.70. The molecular formula is C10H12ClNO2S. The first-order valence-corrected chi connectivity index (χ1v) is 6.31. The SMILES string of the molecule is CC1CSCC1n1cc(Cl)cc1C(=O)O. The Bertz CT molecular complexity index is 391. The molecule has 0 saturated carbocycles. The molecule has 1 aromatic rings. The van der Waals surface area contributed by atoms with Crippen molar-refractivity contribution in [1.29, 1.82) is 0 Å². The average molecular weight is 246 g/mol. The Labute approximate surface area is 97.4 Å². The monoisotopic (exact) mass is 245 g/mol. The fraction of sp³-hybridized carbons (Fsp3) is 0.500. The van der Waals surface area contributed by atoms with E-state index in [9.17, 15) is 4.79 Å². The van der Waals surface area contributed by atoms with E-state index < -0.39 is 5.97 Å². The number of carbonyl (C=O) groups is 1. The lowest BCUT2D eigenvalue weighted by atomic mass is 10.1. The number of nitrogens with zero attached hydrogens (tertiary/aromatic N) is 1. The van der Waals surface area contributed by atoms with Gasteiger partial charge in [-0.2, -0.15) is 11.8 Å². The predicted octanol–water partition coefficient (Wildman–Crippen LogP) is 2.76. The number of halogens is 1. The maximum atomic E-state index is 11.0. The Morgan fingerprint density at radius 1 is 1.67 bits per heavy atom. The minimum Gasteiger partial charge on any atom is -0.477 e. The van der Waals surface area contributed by atoms with Crippen molar-refractivity contribution in [2.45, 2.75) is 13.0 Å². The first-order chi connectivity index (χ1) is 7.09. The third-order valence-electron chi connectivity index (χ3n) is 2.72. The molecule has 1 aliphatic heterocycles. The van der Waals surface area contributed by atoms with Gasteiger partial charge in [-0.15, -0.1) is 0 Å². The molecule has 2 unspecified atom stereocenters. The van der Waals surface area contributed by atoms with Gasteiger partial charge in [-0.1, -0.05) is 18.5 Å². The van der Waals surface area contributed by atoms with E-state index in [4.69, 9.17) is 16.7 Å². The number of carboxylic acids is 1. The van der Waals surface area contributed by atoms with Crippen molar-refractivity contribution in [1.82, 2.24) is 4.57 Å². The molecule has 1 aliphatic rings. The molecule has 2 rings (SSSR count). The van der Waals surface area contributed by atoms with Crippen LogP contribution in [0.2, 0.25) is 5.02 Å². The van der Waals surface area contributed by atoms with Gasteiger partial charge < -0.3 is 9.67 Å². The van der Waals surface area contributed by atoms with Crippen LogP contribution in [0.15, 0.2) is 12.3 Å². The molecule has 3 nitrogen and oxygen atoms in total. The average Bonchev–Trinajstić information content (AvgIpc) is 2.71. The van der Waals surface area contributed by atoms with Crippen LogP contribution < -0.4 is 0 Å². The third kappa shape index (κ3) is 2.01. The predicted molar refractivity (Wildman–Crippen MR) is 61.9 cm³/mol. The number of hydrogen-bond acceptors (Lipinski definition) is 2. The molecule has 5 heteroatoms. The lowest BCUT2D eigenvalue weighted by Crippen LogP contribution is -2.18. The van der Waals surface area contributed by atoms with Crippen LogP contribution in [0.3, 0.4) is 0 Å². The number of hydrogen-bond donors (Lipinski definition) is 1. The van der Waals surface area contributed by atoms with Gasteiger partial charge in [0.05, 0.1) is 5.02 Å². The van der Waals surface area contributed by atoms with Crippen molar-refractivity contribution in [2.24, 2.45) is 5.92 Å². The van der Waals surface area contributed by atoms with Crippen molar-refractivity contribution in [3.8, 4) is 0 Å². The second kappa shape index (κ2) is 4.10. The zero-order chi connectivity index (χ0) is 11.0. The van der Waals surface area contributed by atoms with Crippen molar-refractivity contribution in [3.63, 3.8) is 0 Å². The second-order valence-corrected chi connectivity index (χ2v) is 5.35. The van der Waals surface area contributed by atoms with Crippen LogP contribution in [-0.4, -0.2) is 27.1 Å². The lowest BCUT2D eigenvalue weighted by molar-refractivity contribution is 0.0682. The van der Waals surface area contributed by atoms with Gasteiger partial charge in [-0.3, -0.25) is 0 Å². The Morgan fingerprint density at radius 2 is 2.40 bits per heavy atom. The summed E-state index contributed by atoms with van der Waals surface area (Å²) in [5, 5.41) is 9.54. The maximum Gasteiger partial charge on any atom is 0.352 e. The normalized spacial score (nSPS) is 25.7. The molecule has 0 bridgehead atoms. The van der Waals surface area contributed by atoms with Gasteiger partial charge in [-0.25, -0.2) is 4.79 Å². The zero-order valence-corrected chi connectivity index (χ0v) is 9.88. The summed E-state index contributed by atoms with van der Waals surface area (Å²) < 4.78 is 1.80. The fourth-order valence-electron chi connectivity index (χ4n) is 1.90. The Balaban J connectivity index is 2.38. The summed E-state index contributed by atoms with van der Waals surface area (Å²) in [5.41, 5.74) is 0.291. The Morgan fingerprint density at radius 3 is 2.93 bits per heavy atom. The molecule has 0 spiro atoms. The molecule has 1 N–H and O–H groups in total. The fourth-order valence-corrected chi connectivity index (χ4v) is 3.57. The molecule has 2 heterocycles. The minimum atomic E-state index is -0.911. The van der Waals surface area contributed by atoms with E-state index in [2.05, 4.69) is 6.92 Å². The lowest BCUT2D eigenvalue weighted by Gasteiger charge is -2.18. The summed E-state index contributed by atoms with van der Waals surface area (Å²) in [4.78, 5) is 11.0. The number of aromatic nitrogens is 1. The van der Waals surface area contributed by atoms with Crippen LogP contribution >= 0.6 is 23.4 Å². The summed E-state index contributed by atoms with van der Waals surface area (Å²) in [6.45, 7) is 2.14. The summed E-state index contributed by atoms with van der Waals surface area (Å²) in [6, 6.07) is 1.77. The summed E-state index contributed by atoms with van der Waals surface area (Å²) in [6.07, 6.45) is 1.72. The van der Waals surface area contributed by atoms with E-state index in [1.807, 2.05) is 11.8 Å². The van der Waals surface area contributed by atoms with Crippen molar-refractivity contribution in [2.75, 3.05) is 11.5 Å². The topological polar surface area (TPSA) is 42.2 Å². The minimum absolute atomic E-state index is 0.258. The molecular weight excluding hydrogens is 234 g/mol. The highest BCUT2D eigenvalue weighted by molar-refractivity contribution is 7.99. The van der Waals surface area contributed by atoms with E-state index >= 15 is 0 Å². The summed E-state index contributed by atoms with van der Waals surface area (Å²) in [5.74, 6) is 1.63. The van der Waals surface area contributed by atoms with Gasteiger partial charge in [0, 0.05) is 18.0 Å².